The van der Waals surface area contributed by atoms with Gasteiger partial charge >= 0.3 is 7.82 Å². The van der Waals surface area contributed by atoms with Gasteiger partial charge in [0, 0.05) is 25.6 Å². The molecule has 0 aromatic heterocycles. The lowest BCUT2D eigenvalue weighted by atomic mass is 9.72. The van der Waals surface area contributed by atoms with E-state index in [4.69, 9.17) is 4.52 Å². The molecule has 0 saturated heterocycles. The number of nitrogens with one attached hydrogen (secondary N) is 2. The molecule has 0 spiro atoms. The Morgan fingerprint density at radius 2 is 1.87 bits per heavy atom. The minimum Gasteiger partial charge on any atom is -0.354 e. The van der Waals surface area contributed by atoms with Crippen LogP contribution in [0.5, 0.6) is 0 Å². The molecular weight excluding hydrogens is 503 g/mol. The monoisotopic (exact) mass is 548 g/mol. The second kappa shape index (κ2) is 17.4. The van der Waals surface area contributed by atoms with E-state index in [2.05, 4.69) is 61.9 Å². The smallest absolute Gasteiger partial charge is 0.354 e. The number of phosphoric acid groups is 1. The Morgan fingerprint density at radius 3 is 2.55 bits per heavy atom. The molecular formula is C29H45N2O6P. The van der Waals surface area contributed by atoms with Crippen LogP contribution in [0.15, 0.2) is 58.7 Å². The highest BCUT2D eigenvalue weighted by atomic mass is 31.2. The highest BCUT2D eigenvalue weighted by molar-refractivity contribution is 7.47. The van der Waals surface area contributed by atoms with Gasteiger partial charge in [-0.2, -0.15) is 0 Å². The first-order chi connectivity index (χ1) is 17.9. The van der Waals surface area contributed by atoms with Crippen molar-refractivity contribution in [2.24, 2.45) is 5.41 Å². The van der Waals surface area contributed by atoms with E-state index < -0.39 is 7.82 Å². The average Bonchev–Trinajstić information content (AvgIpc) is 2.82. The minimum absolute atomic E-state index is 0.0701. The van der Waals surface area contributed by atoms with Crippen LogP contribution in [0.1, 0.15) is 66.7 Å². The molecule has 0 heterocycles. The molecule has 2 amide bonds. The fourth-order valence-corrected chi connectivity index (χ4v) is 4.71. The zero-order valence-electron chi connectivity index (χ0n) is 23.5. The third-order valence-corrected chi connectivity index (χ3v) is 7.03. The Morgan fingerprint density at radius 1 is 1.13 bits per heavy atom. The second-order valence-electron chi connectivity index (χ2n) is 10.1. The van der Waals surface area contributed by atoms with E-state index in [1.165, 1.54) is 42.9 Å². The SMILES string of the molecule is [CH2][CH]COP(=O)(O)OCCNC(=O)CCCNC(=O)/C=C(C)/C=C/C=C(C)/C=C/C1=C(C)CCCC1(C)C. The van der Waals surface area contributed by atoms with Crippen molar-refractivity contribution in [1.82, 2.24) is 10.6 Å². The molecule has 0 aromatic carbocycles. The van der Waals surface area contributed by atoms with Crippen LogP contribution in [0.2, 0.25) is 0 Å². The number of rotatable bonds is 16. The van der Waals surface area contributed by atoms with E-state index in [1.54, 1.807) is 0 Å². The summed E-state index contributed by atoms with van der Waals surface area (Å²) >= 11 is 0. The molecule has 1 rings (SSSR count). The van der Waals surface area contributed by atoms with Crippen LogP contribution in [0, 0.1) is 18.8 Å². The Labute approximate surface area is 228 Å². The Balaban J connectivity index is 2.33. The summed E-state index contributed by atoms with van der Waals surface area (Å²) in [4.78, 5) is 33.3. The van der Waals surface area contributed by atoms with E-state index in [-0.39, 0.29) is 43.4 Å². The van der Waals surface area contributed by atoms with E-state index in [0.29, 0.717) is 13.0 Å². The fraction of sp³-hybridized carbons (Fsp3) is 0.517. The highest BCUT2D eigenvalue weighted by Crippen LogP contribution is 2.43. The lowest BCUT2D eigenvalue weighted by Crippen LogP contribution is -2.28. The van der Waals surface area contributed by atoms with E-state index in [0.717, 1.165) is 11.1 Å². The Bertz CT molecular complexity index is 991. The molecule has 0 fully saturated rings. The number of carbonyl (C=O) groups is 2. The van der Waals surface area contributed by atoms with Crippen molar-refractivity contribution < 1.29 is 28.1 Å². The first-order valence-corrected chi connectivity index (χ1v) is 14.5. The van der Waals surface area contributed by atoms with Gasteiger partial charge in [-0.3, -0.25) is 18.6 Å². The molecule has 3 N–H and O–H groups in total. The number of hydrogen-bond donors (Lipinski definition) is 3. The summed E-state index contributed by atoms with van der Waals surface area (Å²) in [6, 6.07) is 0. The van der Waals surface area contributed by atoms with Crippen molar-refractivity contribution >= 4 is 19.6 Å². The van der Waals surface area contributed by atoms with Crippen LogP contribution in [0.25, 0.3) is 0 Å². The molecule has 212 valence electrons. The lowest BCUT2D eigenvalue weighted by molar-refractivity contribution is -0.121. The zero-order valence-corrected chi connectivity index (χ0v) is 24.4. The van der Waals surface area contributed by atoms with Crippen molar-refractivity contribution in [3.05, 3.63) is 72.1 Å². The van der Waals surface area contributed by atoms with E-state index in [9.17, 15) is 19.0 Å². The summed E-state index contributed by atoms with van der Waals surface area (Å²) in [5.41, 5.74) is 5.08. The summed E-state index contributed by atoms with van der Waals surface area (Å²) in [5, 5.41) is 5.34. The number of carbonyl (C=O) groups excluding carboxylic acids is 2. The van der Waals surface area contributed by atoms with Crippen molar-refractivity contribution in [2.45, 2.75) is 66.7 Å². The van der Waals surface area contributed by atoms with Crippen LogP contribution in [-0.2, 0) is 23.2 Å². The van der Waals surface area contributed by atoms with E-state index in [1.807, 2.05) is 25.2 Å². The van der Waals surface area contributed by atoms with Crippen molar-refractivity contribution in [2.75, 3.05) is 26.3 Å². The maximum absolute atomic E-state index is 12.1. The molecule has 9 heteroatoms. The third-order valence-electron chi connectivity index (χ3n) is 6.05. The molecule has 1 aliphatic rings. The molecule has 1 unspecified atom stereocenters. The standard InChI is InChI=1S/C29H45N2O6P/c1-7-20-36-38(34,35)37-21-19-31-27(32)14-10-18-30-28(33)22-24(3)12-8-11-23(2)15-16-26-25(4)13-9-17-29(26,5)6/h7-8,11-12,15-16,22H,1,9-10,13-14,17-21H2,2-6H3,(H,30,33)(H,31,32)(H,34,35)/b12-8+,16-15+,23-11+,24-22+. The summed E-state index contributed by atoms with van der Waals surface area (Å²) in [7, 11) is -4.13. The predicted molar refractivity (Wildman–Crippen MR) is 153 cm³/mol. The summed E-state index contributed by atoms with van der Waals surface area (Å²) in [5.74, 6) is -0.464. The number of hydrogen-bond acceptors (Lipinski definition) is 5. The first-order valence-electron chi connectivity index (χ1n) is 13.0. The van der Waals surface area contributed by atoms with Gasteiger partial charge in [-0.15, -0.1) is 0 Å². The lowest BCUT2D eigenvalue weighted by Gasteiger charge is -2.32. The molecule has 1 atom stereocenters. The normalized spacial score (nSPS) is 18.2. The summed E-state index contributed by atoms with van der Waals surface area (Å²) in [6.45, 7) is 14.3. The molecule has 0 bridgehead atoms. The maximum atomic E-state index is 12.1. The van der Waals surface area contributed by atoms with Crippen LogP contribution in [-0.4, -0.2) is 43.0 Å². The molecule has 2 radical (unpaired) electrons. The topological polar surface area (TPSA) is 114 Å². The van der Waals surface area contributed by atoms with Gasteiger partial charge in [0.2, 0.25) is 11.8 Å². The summed E-state index contributed by atoms with van der Waals surface area (Å²) in [6.07, 6.45) is 17.4. The van der Waals surface area contributed by atoms with E-state index >= 15 is 0 Å². The number of phosphoric ester groups is 1. The fourth-order valence-electron chi connectivity index (χ4n) is 4.02. The molecule has 0 saturated carbocycles. The average molecular weight is 549 g/mol. The maximum Gasteiger partial charge on any atom is 0.472 e. The molecule has 0 aromatic rings. The quantitative estimate of drug-likeness (QED) is 0.0987. The largest absolute Gasteiger partial charge is 0.472 e. The predicted octanol–water partition coefficient (Wildman–Crippen LogP) is 5.70. The molecule has 8 nitrogen and oxygen atoms in total. The zero-order chi connectivity index (χ0) is 28.6. The van der Waals surface area contributed by atoms with Crippen LogP contribution in [0.3, 0.4) is 0 Å². The van der Waals surface area contributed by atoms with Gasteiger partial charge in [-0.05, 0) is 76.4 Å². The van der Waals surface area contributed by atoms with Crippen molar-refractivity contribution in [3.63, 3.8) is 0 Å². The number of allylic oxidation sites excluding steroid dienone is 9. The van der Waals surface area contributed by atoms with Gasteiger partial charge in [0.25, 0.3) is 0 Å². The number of amides is 2. The molecule has 38 heavy (non-hydrogen) atoms. The van der Waals surface area contributed by atoms with Gasteiger partial charge < -0.3 is 15.5 Å². The molecule has 0 aliphatic heterocycles. The molecule has 1 aliphatic carbocycles. The van der Waals surface area contributed by atoms with Gasteiger partial charge in [0.15, 0.2) is 0 Å². The Hall–Kier alpha value is -2.25. The minimum atomic E-state index is -4.13. The highest BCUT2D eigenvalue weighted by Gasteiger charge is 2.26. The van der Waals surface area contributed by atoms with Gasteiger partial charge in [-0.25, -0.2) is 4.57 Å². The van der Waals surface area contributed by atoms with Gasteiger partial charge in [-0.1, -0.05) is 55.4 Å². The second-order valence-corrected chi connectivity index (χ2v) is 11.5. The van der Waals surface area contributed by atoms with Crippen LogP contribution < -0.4 is 10.6 Å². The Kier molecular flexibility index (Phi) is 15.4. The van der Waals surface area contributed by atoms with Crippen LogP contribution >= 0.6 is 7.82 Å². The van der Waals surface area contributed by atoms with Gasteiger partial charge in [0.1, 0.15) is 0 Å². The van der Waals surface area contributed by atoms with Crippen molar-refractivity contribution in [3.8, 4) is 0 Å². The van der Waals surface area contributed by atoms with Gasteiger partial charge in [0.05, 0.1) is 13.2 Å². The third kappa shape index (κ3) is 14.6. The summed E-state index contributed by atoms with van der Waals surface area (Å²) < 4.78 is 20.8. The van der Waals surface area contributed by atoms with Crippen LogP contribution in [0.4, 0.5) is 0 Å². The van der Waals surface area contributed by atoms with Crippen molar-refractivity contribution in [1.29, 1.82) is 0 Å². The first kappa shape index (κ1) is 33.8.